The maximum atomic E-state index is 11.8. The third-order valence-electron chi connectivity index (χ3n) is 3.10. The third-order valence-corrected chi connectivity index (χ3v) is 3.10. The summed E-state index contributed by atoms with van der Waals surface area (Å²) in [5, 5.41) is 1.77. The maximum Gasteiger partial charge on any atom is 0.357 e. The van der Waals surface area contributed by atoms with Gasteiger partial charge in [-0.1, -0.05) is 36.4 Å². The second kappa shape index (κ2) is 8.38. The van der Waals surface area contributed by atoms with Crippen molar-refractivity contribution in [2.45, 2.75) is 6.92 Å². The Kier molecular flexibility index (Phi) is 5.96. The molecule has 0 aliphatic carbocycles. The molecule has 2 aromatic carbocycles. The first-order valence-corrected chi connectivity index (χ1v) is 7.36. The Hall–Kier alpha value is -3.28. The van der Waals surface area contributed by atoms with Gasteiger partial charge in [-0.3, -0.25) is 9.80 Å². The summed E-state index contributed by atoms with van der Waals surface area (Å²) >= 11 is 0. The van der Waals surface area contributed by atoms with E-state index in [-0.39, 0.29) is 0 Å². The van der Waals surface area contributed by atoms with E-state index < -0.39 is 11.9 Å². The van der Waals surface area contributed by atoms with Crippen molar-refractivity contribution in [1.82, 2.24) is 10.9 Å². The summed E-state index contributed by atoms with van der Waals surface area (Å²) in [7, 11) is 1.83. The van der Waals surface area contributed by atoms with Gasteiger partial charge >= 0.3 is 5.97 Å². The minimum absolute atomic E-state index is 0.410. The number of hydrazine groups is 1. The van der Waals surface area contributed by atoms with E-state index in [9.17, 15) is 9.59 Å². The highest BCUT2D eigenvalue weighted by molar-refractivity contribution is 5.94. The topological polar surface area (TPSA) is 70.7 Å². The molecule has 1 amide bonds. The second-order valence-corrected chi connectivity index (χ2v) is 5.05. The van der Waals surface area contributed by atoms with E-state index in [1.54, 1.807) is 42.3 Å². The Bertz CT molecular complexity index is 715. The van der Waals surface area contributed by atoms with Gasteiger partial charge in [0.2, 0.25) is 0 Å². The van der Waals surface area contributed by atoms with Crippen LogP contribution >= 0.6 is 0 Å². The molecule has 0 saturated carbocycles. The first-order chi connectivity index (χ1) is 11.6. The fourth-order valence-corrected chi connectivity index (χ4v) is 1.96. The van der Waals surface area contributed by atoms with Crippen molar-refractivity contribution in [1.29, 1.82) is 0 Å². The predicted octanol–water partition coefficient (Wildman–Crippen LogP) is 2.42. The molecule has 2 aromatic rings. The van der Waals surface area contributed by atoms with Gasteiger partial charge in [0.15, 0.2) is 0 Å². The predicted molar refractivity (Wildman–Crippen MR) is 91.7 cm³/mol. The summed E-state index contributed by atoms with van der Waals surface area (Å²) in [4.78, 5) is 28.2. The molecule has 0 aliphatic heterocycles. The van der Waals surface area contributed by atoms with Gasteiger partial charge in [-0.25, -0.2) is 4.79 Å². The Balaban J connectivity index is 1.84. The van der Waals surface area contributed by atoms with E-state index in [4.69, 9.17) is 4.84 Å². The van der Waals surface area contributed by atoms with Gasteiger partial charge in [-0.2, -0.15) is 5.48 Å². The van der Waals surface area contributed by atoms with Crippen molar-refractivity contribution in [3.8, 4) is 0 Å². The number of amides is 1. The monoisotopic (exact) mass is 325 g/mol. The zero-order valence-corrected chi connectivity index (χ0v) is 13.5. The third kappa shape index (κ3) is 5.17. The highest BCUT2D eigenvalue weighted by atomic mass is 16.7. The van der Waals surface area contributed by atoms with Crippen LogP contribution in [0.15, 0.2) is 72.4 Å². The number of anilines is 1. The summed E-state index contributed by atoms with van der Waals surface area (Å²) in [5.74, 6) is -1.16. The highest BCUT2D eigenvalue weighted by Crippen LogP contribution is 2.09. The van der Waals surface area contributed by atoms with Crippen LogP contribution in [0.2, 0.25) is 0 Å². The SMILES string of the molecule is C/C(=C/C(=O)ONC(=O)c1ccccc1)NN(C)c1ccccc1. The maximum absolute atomic E-state index is 11.8. The minimum Gasteiger partial charge on any atom is -0.336 e. The number of rotatable bonds is 5. The summed E-state index contributed by atoms with van der Waals surface area (Å²) < 4.78 is 0. The molecule has 6 nitrogen and oxygen atoms in total. The average molecular weight is 325 g/mol. The molecular weight excluding hydrogens is 306 g/mol. The zero-order chi connectivity index (χ0) is 17.4. The van der Waals surface area contributed by atoms with Gasteiger partial charge in [0.05, 0.1) is 5.69 Å². The number of carbonyl (C=O) groups excluding carboxylic acids is 2. The molecule has 0 aliphatic rings. The van der Waals surface area contributed by atoms with Crippen molar-refractivity contribution >= 4 is 17.6 Å². The Morgan fingerprint density at radius 3 is 2.21 bits per heavy atom. The van der Waals surface area contributed by atoms with Gasteiger partial charge in [-0.15, -0.1) is 0 Å². The number of hydrogen-bond donors (Lipinski definition) is 2. The van der Waals surface area contributed by atoms with Crippen molar-refractivity contribution in [2.24, 2.45) is 0 Å². The fraction of sp³-hybridized carbons (Fsp3) is 0.111. The summed E-state index contributed by atoms with van der Waals surface area (Å²) in [6.45, 7) is 1.72. The minimum atomic E-state index is -0.675. The number of allylic oxidation sites excluding steroid dienone is 1. The van der Waals surface area contributed by atoms with Gasteiger partial charge in [0, 0.05) is 24.4 Å². The standard InChI is InChI=1S/C18H19N3O3/c1-14(19-21(2)16-11-7-4-8-12-16)13-17(22)24-20-18(23)15-9-5-3-6-10-15/h3-13,19H,1-2H3,(H,20,23)/b14-13-. The molecule has 0 aromatic heterocycles. The zero-order valence-electron chi connectivity index (χ0n) is 13.5. The number of para-hydroxylation sites is 1. The molecule has 124 valence electrons. The van der Waals surface area contributed by atoms with Gasteiger partial charge in [-0.05, 0) is 31.2 Å². The van der Waals surface area contributed by atoms with E-state index in [1.807, 2.05) is 37.4 Å². The molecule has 24 heavy (non-hydrogen) atoms. The molecule has 0 spiro atoms. The van der Waals surface area contributed by atoms with Crippen molar-refractivity contribution in [3.05, 3.63) is 78.0 Å². The fourth-order valence-electron chi connectivity index (χ4n) is 1.96. The van der Waals surface area contributed by atoms with Crippen LogP contribution < -0.4 is 15.9 Å². The van der Waals surface area contributed by atoms with Crippen LogP contribution in [0.3, 0.4) is 0 Å². The van der Waals surface area contributed by atoms with Crippen molar-refractivity contribution in [2.75, 3.05) is 12.1 Å². The van der Waals surface area contributed by atoms with E-state index >= 15 is 0 Å². The molecule has 2 rings (SSSR count). The van der Waals surface area contributed by atoms with Crippen LogP contribution in [0.4, 0.5) is 5.69 Å². The molecule has 0 bridgehead atoms. The smallest absolute Gasteiger partial charge is 0.336 e. The first kappa shape index (κ1) is 17.1. The molecule has 0 radical (unpaired) electrons. The van der Waals surface area contributed by atoms with E-state index in [2.05, 4.69) is 10.9 Å². The summed E-state index contributed by atoms with van der Waals surface area (Å²) in [6, 6.07) is 18.1. The van der Waals surface area contributed by atoms with Crippen LogP contribution in [0.5, 0.6) is 0 Å². The van der Waals surface area contributed by atoms with Crippen LogP contribution in [-0.2, 0) is 9.63 Å². The van der Waals surface area contributed by atoms with Gasteiger partial charge < -0.3 is 10.3 Å². The van der Waals surface area contributed by atoms with E-state index in [1.165, 1.54) is 6.08 Å². The molecule has 0 atom stereocenters. The lowest BCUT2D eigenvalue weighted by Crippen LogP contribution is -2.33. The molecule has 0 fully saturated rings. The largest absolute Gasteiger partial charge is 0.357 e. The van der Waals surface area contributed by atoms with Gasteiger partial charge in [0.25, 0.3) is 5.91 Å². The normalized spacial score (nSPS) is 10.7. The Morgan fingerprint density at radius 2 is 1.58 bits per heavy atom. The Labute approximate surface area is 140 Å². The molecule has 0 unspecified atom stereocenters. The number of hydrogen-bond acceptors (Lipinski definition) is 5. The van der Waals surface area contributed by atoms with Crippen LogP contribution in [-0.4, -0.2) is 18.9 Å². The number of hydroxylamine groups is 1. The van der Waals surface area contributed by atoms with Crippen LogP contribution in [0, 0.1) is 0 Å². The first-order valence-electron chi connectivity index (χ1n) is 7.36. The second-order valence-electron chi connectivity index (χ2n) is 5.05. The highest BCUT2D eigenvalue weighted by Gasteiger charge is 2.08. The summed E-state index contributed by atoms with van der Waals surface area (Å²) in [5.41, 5.74) is 7.06. The molecule has 0 saturated heterocycles. The molecular formula is C18H19N3O3. The summed E-state index contributed by atoms with van der Waals surface area (Å²) in [6.07, 6.45) is 1.25. The van der Waals surface area contributed by atoms with Crippen LogP contribution in [0.1, 0.15) is 17.3 Å². The molecule has 6 heteroatoms. The van der Waals surface area contributed by atoms with Crippen molar-refractivity contribution < 1.29 is 14.4 Å². The number of carbonyl (C=O) groups is 2. The van der Waals surface area contributed by atoms with E-state index in [0.717, 1.165) is 5.69 Å². The van der Waals surface area contributed by atoms with Crippen LogP contribution in [0.25, 0.3) is 0 Å². The lowest BCUT2D eigenvalue weighted by Gasteiger charge is -2.21. The van der Waals surface area contributed by atoms with Gasteiger partial charge in [0.1, 0.15) is 0 Å². The lowest BCUT2D eigenvalue weighted by atomic mass is 10.2. The number of nitrogens with zero attached hydrogens (tertiary/aromatic N) is 1. The van der Waals surface area contributed by atoms with Crippen molar-refractivity contribution in [3.63, 3.8) is 0 Å². The number of nitrogens with one attached hydrogen (secondary N) is 2. The lowest BCUT2D eigenvalue weighted by molar-refractivity contribution is -0.142. The molecule has 2 N–H and O–H groups in total. The Morgan fingerprint density at radius 1 is 1.00 bits per heavy atom. The van der Waals surface area contributed by atoms with E-state index in [0.29, 0.717) is 11.3 Å². The number of benzene rings is 2. The average Bonchev–Trinajstić information content (AvgIpc) is 2.61. The quantitative estimate of drug-likeness (QED) is 0.652. The molecule has 0 heterocycles.